The van der Waals surface area contributed by atoms with Crippen LogP contribution in [0.2, 0.25) is 0 Å². The highest BCUT2D eigenvalue weighted by Gasteiger charge is 2.12. The highest BCUT2D eigenvalue weighted by Crippen LogP contribution is 2.29. The smallest absolute Gasteiger partial charge is 0.232 e. The van der Waals surface area contributed by atoms with Gasteiger partial charge in [-0.15, -0.1) is 11.8 Å². The fourth-order valence-corrected chi connectivity index (χ4v) is 2.75. The number of hydrogen-bond acceptors (Lipinski definition) is 3. The highest BCUT2D eigenvalue weighted by atomic mass is 79.9. The second-order valence-corrected chi connectivity index (χ2v) is 5.95. The molecule has 0 bridgehead atoms. The van der Waals surface area contributed by atoms with Gasteiger partial charge in [-0.3, -0.25) is 4.79 Å². The normalized spacial score (nSPS) is 10.6. The number of nitrogens with two attached hydrogens (primary N) is 1. The Balaban J connectivity index is 2.59. The molecule has 1 aromatic rings. The molecular formula is C12H17BrN2OS. The first-order valence-electron chi connectivity index (χ1n) is 5.35. The molecule has 0 spiro atoms. The van der Waals surface area contributed by atoms with E-state index < -0.39 is 0 Å². The van der Waals surface area contributed by atoms with Gasteiger partial charge in [-0.1, -0.05) is 0 Å². The molecule has 0 radical (unpaired) electrons. The number of thioether (sulfide) groups is 1. The van der Waals surface area contributed by atoms with Crippen molar-refractivity contribution in [2.75, 3.05) is 18.5 Å². The van der Waals surface area contributed by atoms with Crippen molar-refractivity contribution in [1.82, 2.24) is 4.90 Å². The molecule has 17 heavy (non-hydrogen) atoms. The minimum atomic E-state index is 0.133. The first-order chi connectivity index (χ1) is 7.91. The van der Waals surface area contributed by atoms with Crippen LogP contribution in [0.4, 0.5) is 5.69 Å². The number of nitrogen functional groups attached to an aromatic ring is 1. The summed E-state index contributed by atoms with van der Waals surface area (Å²) in [5, 5.41) is 0. The Hall–Kier alpha value is -0.680. The van der Waals surface area contributed by atoms with Crippen LogP contribution in [-0.2, 0) is 4.79 Å². The fraction of sp³-hybridized carbons (Fsp3) is 0.417. The van der Waals surface area contributed by atoms with Gasteiger partial charge in [0, 0.05) is 28.1 Å². The van der Waals surface area contributed by atoms with Crippen molar-refractivity contribution in [3.63, 3.8) is 0 Å². The Labute approximate surface area is 115 Å². The third-order valence-corrected chi connectivity index (χ3v) is 4.45. The molecule has 0 fully saturated rings. The van der Waals surface area contributed by atoms with Gasteiger partial charge in [0.15, 0.2) is 0 Å². The molecular weight excluding hydrogens is 300 g/mol. The summed E-state index contributed by atoms with van der Waals surface area (Å²) in [6.45, 7) is 4.00. The number of benzene rings is 1. The summed E-state index contributed by atoms with van der Waals surface area (Å²) in [7, 11) is 1.82. The summed E-state index contributed by atoms with van der Waals surface area (Å²) in [5.41, 5.74) is 6.37. The summed E-state index contributed by atoms with van der Waals surface area (Å²) >= 11 is 4.95. The quantitative estimate of drug-likeness (QED) is 0.686. The third kappa shape index (κ3) is 4.24. The number of halogens is 1. The number of amides is 1. The predicted octanol–water partition coefficient (Wildman–Crippen LogP) is 2.99. The molecule has 0 aromatic heterocycles. The topological polar surface area (TPSA) is 46.3 Å². The molecule has 1 amide bonds. The molecule has 0 aliphatic carbocycles. The number of carbonyl (C=O) groups is 1. The molecule has 2 N–H and O–H groups in total. The van der Waals surface area contributed by atoms with Gasteiger partial charge in [0.1, 0.15) is 0 Å². The zero-order valence-corrected chi connectivity index (χ0v) is 12.6. The van der Waals surface area contributed by atoms with E-state index >= 15 is 0 Å². The summed E-state index contributed by atoms with van der Waals surface area (Å²) < 4.78 is 0.933. The van der Waals surface area contributed by atoms with Crippen molar-refractivity contribution >= 4 is 39.3 Å². The van der Waals surface area contributed by atoms with Crippen molar-refractivity contribution in [3.05, 3.63) is 22.7 Å². The van der Waals surface area contributed by atoms with E-state index in [9.17, 15) is 4.79 Å². The van der Waals surface area contributed by atoms with Gasteiger partial charge in [0.05, 0.1) is 5.75 Å². The predicted molar refractivity (Wildman–Crippen MR) is 77.2 cm³/mol. The summed E-state index contributed by atoms with van der Waals surface area (Å²) in [5.74, 6) is 0.575. The molecule has 5 heteroatoms. The van der Waals surface area contributed by atoms with E-state index in [2.05, 4.69) is 15.9 Å². The van der Waals surface area contributed by atoms with Crippen LogP contribution in [0.5, 0.6) is 0 Å². The lowest BCUT2D eigenvalue weighted by atomic mass is 10.3. The number of hydrogen-bond donors (Lipinski definition) is 1. The third-order valence-electron chi connectivity index (χ3n) is 2.48. The van der Waals surface area contributed by atoms with Crippen LogP contribution in [0.3, 0.4) is 0 Å². The lowest BCUT2D eigenvalue weighted by molar-refractivity contribution is -0.128. The maximum atomic E-state index is 11.8. The average molecular weight is 317 g/mol. The van der Waals surface area contributed by atoms with E-state index in [1.807, 2.05) is 39.1 Å². The monoisotopic (exact) mass is 316 g/mol. The lowest BCUT2D eigenvalue weighted by Crippen LogP contribution is -2.34. The van der Waals surface area contributed by atoms with Crippen LogP contribution >= 0.6 is 27.7 Å². The van der Waals surface area contributed by atoms with Gasteiger partial charge in [0.2, 0.25) is 5.91 Å². The van der Waals surface area contributed by atoms with Crippen LogP contribution in [0.15, 0.2) is 27.6 Å². The van der Waals surface area contributed by atoms with Crippen molar-refractivity contribution in [3.8, 4) is 0 Å². The molecule has 0 aliphatic heterocycles. The van der Waals surface area contributed by atoms with Gasteiger partial charge in [0.25, 0.3) is 0 Å². The lowest BCUT2D eigenvalue weighted by Gasteiger charge is -2.21. The first kappa shape index (κ1) is 14.4. The van der Waals surface area contributed by atoms with Crippen molar-refractivity contribution in [2.24, 2.45) is 0 Å². The maximum Gasteiger partial charge on any atom is 0.232 e. The zero-order valence-electron chi connectivity index (χ0n) is 10.2. The molecule has 0 aliphatic rings. The minimum Gasteiger partial charge on any atom is -0.399 e. The average Bonchev–Trinajstić information content (AvgIpc) is 2.26. The summed E-state index contributed by atoms with van der Waals surface area (Å²) in [6.07, 6.45) is 0. The number of rotatable bonds is 4. The van der Waals surface area contributed by atoms with E-state index in [1.54, 1.807) is 4.90 Å². The first-order valence-corrected chi connectivity index (χ1v) is 7.13. The van der Waals surface area contributed by atoms with Gasteiger partial charge in [-0.25, -0.2) is 0 Å². The number of carbonyl (C=O) groups excluding carboxylic acids is 1. The molecule has 0 saturated carbocycles. The minimum absolute atomic E-state index is 0.133. The summed E-state index contributed by atoms with van der Waals surface area (Å²) in [4.78, 5) is 14.6. The zero-order chi connectivity index (χ0) is 13.0. The Bertz CT molecular complexity index is 409. The standard InChI is InChI=1S/C12H17BrN2OS/c1-8(2)15(3)12(16)7-17-11-5-4-9(14)6-10(11)13/h4-6,8H,7,14H2,1-3H3. The van der Waals surface area contributed by atoms with Gasteiger partial charge in [-0.05, 0) is 48.0 Å². The van der Waals surface area contributed by atoms with E-state index in [0.717, 1.165) is 9.37 Å². The second-order valence-electron chi connectivity index (χ2n) is 4.08. The molecule has 94 valence electrons. The maximum absolute atomic E-state index is 11.8. The van der Waals surface area contributed by atoms with Crippen LogP contribution in [-0.4, -0.2) is 29.6 Å². The van der Waals surface area contributed by atoms with Crippen LogP contribution in [0, 0.1) is 0 Å². The summed E-state index contributed by atoms with van der Waals surface area (Å²) in [6, 6.07) is 5.84. The van der Waals surface area contributed by atoms with E-state index in [-0.39, 0.29) is 11.9 Å². The largest absolute Gasteiger partial charge is 0.399 e. The SMILES string of the molecule is CC(C)N(C)C(=O)CSc1ccc(N)cc1Br. The molecule has 1 rings (SSSR count). The van der Waals surface area contributed by atoms with E-state index in [4.69, 9.17) is 5.73 Å². The molecule has 1 aromatic carbocycles. The van der Waals surface area contributed by atoms with Crippen molar-refractivity contribution in [1.29, 1.82) is 0 Å². The van der Waals surface area contributed by atoms with Gasteiger partial charge >= 0.3 is 0 Å². The number of nitrogens with zero attached hydrogens (tertiary/aromatic N) is 1. The number of anilines is 1. The molecule has 0 heterocycles. The molecule has 0 saturated heterocycles. The molecule has 3 nitrogen and oxygen atoms in total. The van der Waals surface area contributed by atoms with Gasteiger partial charge < -0.3 is 10.6 Å². The van der Waals surface area contributed by atoms with Crippen LogP contribution < -0.4 is 5.73 Å². The Morgan fingerprint density at radius 3 is 2.71 bits per heavy atom. The van der Waals surface area contributed by atoms with E-state index in [0.29, 0.717) is 11.4 Å². The molecule has 0 atom stereocenters. The van der Waals surface area contributed by atoms with E-state index in [1.165, 1.54) is 11.8 Å². The van der Waals surface area contributed by atoms with Crippen molar-refractivity contribution in [2.45, 2.75) is 24.8 Å². The van der Waals surface area contributed by atoms with Crippen molar-refractivity contribution < 1.29 is 4.79 Å². The second kappa shape index (κ2) is 6.31. The Morgan fingerprint density at radius 2 is 2.18 bits per heavy atom. The highest BCUT2D eigenvalue weighted by molar-refractivity contribution is 9.10. The van der Waals surface area contributed by atoms with Crippen LogP contribution in [0.25, 0.3) is 0 Å². The Morgan fingerprint density at radius 1 is 1.53 bits per heavy atom. The fourth-order valence-electron chi connectivity index (χ4n) is 1.16. The van der Waals surface area contributed by atoms with Gasteiger partial charge in [-0.2, -0.15) is 0 Å². The Kier molecular flexibility index (Phi) is 5.33. The van der Waals surface area contributed by atoms with Crippen LogP contribution in [0.1, 0.15) is 13.8 Å². The molecule has 0 unspecified atom stereocenters.